The van der Waals surface area contributed by atoms with E-state index < -0.39 is 9.84 Å². The molecule has 9 nitrogen and oxygen atoms in total. The summed E-state index contributed by atoms with van der Waals surface area (Å²) in [7, 11) is -3.13. The first-order valence-electron chi connectivity index (χ1n) is 12.7. The van der Waals surface area contributed by atoms with Gasteiger partial charge in [-0.25, -0.2) is 8.42 Å². The zero-order chi connectivity index (χ0) is 27.4. The third-order valence-electron chi connectivity index (χ3n) is 6.28. The van der Waals surface area contributed by atoms with E-state index in [-0.39, 0.29) is 24.0 Å². The number of benzene rings is 2. The molecule has 0 unspecified atom stereocenters. The summed E-state index contributed by atoms with van der Waals surface area (Å²) in [5.74, 6) is 0.567. The van der Waals surface area contributed by atoms with Crippen molar-refractivity contribution in [3.8, 4) is 5.69 Å². The molecule has 2 N–H and O–H groups in total. The first-order chi connectivity index (χ1) is 18.7. The first kappa shape index (κ1) is 26.8. The highest BCUT2D eigenvalue weighted by Crippen LogP contribution is 2.43. The van der Waals surface area contributed by atoms with Crippen molar-refractivity contribution in [1.82, 2.24) is 14.8 Å². The highest BCUT2D eigenvalue weighted by molar-refractivity contribution is 7.89. The second kappa shape index (κ2) is 11.5. The van der Waals surface area contributed by atoms with Gasteiger partial charge in [0.1, 0.15) is 10.8 Å². The summed E-state index contributed by atoms with van der Waals surface area (Å²) < 4.78 is 25.1. The number of rotatable bonds is 13. The Bertz CT molecular complexity index is 1610. The number of nitrogens with zero attached hydrogens (tertiary/aromatic N) is 3. The van der Waals surface area contributed by atoms with Gasteiger partial charge in [0.15, 0.2) is 9.84 Å². The fourth-order valence-electron chi connectivity index (χ4n) is 4.50. The molecule has 1 aromatic heterocycles. The molecule has 2 amide bonds. The maximum Gasteiger partial charge on any atom is 0.230 e. The van der Waals surface area contributed by atoms with E-state index in [1.54, 1.807) is 18.2 Å². The van der Waals surface area contributed by atoms with Crippen LogP contribution >= 0.6 is 11.3 Å². The summed E-state index contributed by atoms with van der Waals surface area (Å²) in [5.41, 5.74) is 4.65. The van der Waals surface area contributed by atoms with Gasteiger partial charge in [0.05, 0.1) is 24.3 Å². The predicted octanol–water partition coefficient (Wildman–Crippen LogP) is 4.11. The minimum atomic E-state index is -3.13. The second-order valence-corrected chi connectivity index (χ2v) is 12.9. The monoisotopic (exact) mass is 563 g/mol. The topological polar surface area (TPSA) is 123 Å². The Morgan fingerprint density at radius 1 is 0.846 bits per heavy atom. The molecule has 3 heterocycles. The van der Waals surface area contributed by atoms with Crippen LogP contribution in [-0.4, -0.2) is 41.3 Å². The molecule has 0 aliphatic carbocycles. The van der Waals surface area contributed by atoms with Crippen LogP contribution < -0.4 is 10.6 Å². The Kier molecular flexibility index (Phi) is 7.89. The Labute approximate surface area is 231 Å². The van der Waals surface area contributed by atoms with Crippen molar-refractivity contribution in [2.75, 3.05) is 16.9 Å². The van der Waals surface area contributed by atoms with Crippen molar-refractivity contribution >= 4 is 43.9 Å². The van der Waals surface area contributed by atoms with E-state index in [0.717, 1.165) is 53.3 Å². The molecule has 0 saturated carbocycles. The molecule has 2 aromatic carbocycles. The standard InChI is InChI=1S/C28H29N5O4S2/c1-39(36,37)18-21-11-7-10-20(14-21)16-24(34)29-27-23-17-22(33(23)27)12-5-6-13-26-31-32-28(38-26)30-25(35)15-19-8-3-2-4-9-19/h2-4,7-11,14,17H,5-6,12-13,15-16,18H2,1H3,(H,29,34)(H,30,32,35). The summed E-state index contributed by atoms with van der Waals surface area (Å²) in [4.78, 5) is 24.7. The third kappa shape index (κ3) is 7.39. The number of aromatic nitrogens is 3. The number of carbonyl (C=O) groups is 2. The van der Waals surface area contributed by atoms with E-state index in [1.165, 1.54) is 23.3 Å². The van der Waals surface area contributed by atoms with Crippen molar-refractivity contribution < 1.29 is 18.0 Å². The Hall–Kier alpha value is -3.83. The number of nitrogens with one attached hydrogen (secondary N) is 2. The van der Waals surface area contributed by atoms with Crippen LogP contribution in [0.2, 0.25) is 0 Å². The van der Waals surface area contributed by atoms with Gasteiger partial charge in [-0.15, -0.1) is 10.2 Å². The van der Waals surface area contributed by atoms with E-state index >= 15 is 0 Å². The molecule has 0 bridgehead atoms. The SMILES string of the molecule is CS(=O)(=O)Cc1cccc(CC(=O)Nc2c3cc(CCCCc4nnc(NC(=O)Cc5ccccc5)s4)n2-3)c1. The van der Waals surface area contributed by atoms with Crippen LogP contribution in [0.15, 0.2) is 60.7 Å². The van der Waals surface area contributed by atoms with Crippen LogP contribution in [-0.2, 0) is 50.9 Å². The Morgan fingerprint density at radius 3 is 2.33 bits per heavy atom. The number of sulfone groups is 1. The van der Waals surface area contributed by atoms with Crippen molar-refractivity contribution in [1.29, 1.82) is 0 Å². The van der Waals surface area contributed by atoms with Crippen LogP contribution in [0.4, 0.5) is 10.9 Å². The summed E-state index contributed by atoms with van der Waals surface area (Å²) in [5, 5.41) is 15.5. The van der Waals surface area contributed by atoms with Crippen LogP contribution in [0.25, 0.3) is 5.69 Å². The first-order valence-corrected chi connectivity index (χ1v) is 15.6. The predicted molar refractivity (Wildman–Crippen MR) is 152 cm³/mol. The van der Waals surface area contributed by atoms with Gasteiger partial charge in [-0.3, -0.25) is 14.2 Å². The van der Waals surface area contributed by atoms with Crippen LogP contribution in [0.3, 0.4) is 0 Å². The molecule has 0 fully saturated rings. The van der Waals surface area contributed by atoms with E-state index in [4.69, 9.17) is 0 Å². The minimum absolute atomic E-state index is 0.0373. The second-order valence-electron chi connectivity index (χ2n) is 9.74. The largest absolute Gasteiger partial charge is 0.310 e. The average molecular weight is 564 g/mol. The number of anilines is 2. The van der Waals surface area contributed by atoms with Crippen LogP contribution in [0.5, 0.6) is 0 Å². The Morgan fingerprint density at radius 2 is 1.54 bits per heavy atom. The van der Waals surface area contributed by atoms with Crippen LogP contribution in [0.1, 0.15) is 40.2 Å². The lowest BCUT2D eigenvalue weighted by Gasteiger charge is -2.05. The zero-order valence-corrected chi connectivity index (χ0v) is 23.1. The van der Waals surface area contributed by atoms with Crippen molar-refractivity contribution in [3.63, 3.8) is 0 Å². The van der Waals surface area contributed by atoms with E-state index in [0.29, 0.717) is 17.1 Å². The molecule has 0 saturated heterocycles. The molecule has 39 heavy (non-hydrogen) atoms. The van der Waals surface area contributed by atoms with Gasteiger partial charge in [0, 0.05) is 18.4 Å². The molecule has 2 aliphatic rings. The fraction of sp³-hybridized carbons (Fsp3) is 0.286. The van der Waals surface area contributed by atoms with Gasteiger partial charge < -0.3 is 10.6 Å². The van der Waals surface area contributed by atoms with Crippen LogP contribution in [0, 0.1) is 0 Å². The lowest BCUT2D eigenvalue weighted by Crippen LogP contribution is -2.14. The summed E-state index contributed by atoms with van der Waals surface area (Å²) >= 11 is 1.41. The minimum Gasteiger partial charge on any atom is -0.310 e. The molecule has 5 rings (SSSR count). The third-order valence-corrected chi connectivity index (χ3v) is 8.04. The Balaban J connectivity index is 1.02. The number of amides is 2. The number of hydrogen-bond donors (Lipinski definition) is 2. The summed E-state index contributed by atoms with van der Waals surface area (Å²) in [6.45, 7) is 0. The summed E-state index contributed by atoms with van der Waals surface area (Å²) in [6.07, 6.45) is 5.30. The highest BCUT2D eigenvalue weighted by Gasteiger charge is 2.31. The number of carbonyl (C=O) groups excluding carboxylic acids is 2. The fourth-order valence-corrected chi connectivity index (χ4v) is 6.08. The van der Waals surface area contributed by atoms with Gasteiger partial charge in [-0.1, -0.05) is 65.9 Å². The molecule has 11 heteroatoms. The van der Waals surface area contributed by atoms with Gasteiger partial charge in [0.25, 0.3) is 0 Å². The maximum absolute atomic E-state index is 12.5. The van der Waals surface area contributed by atoms with Gasteiger partial charge in [0.2, 0.25) is 16.9 Å². The molecule has 0 atom stereocenters. The molecule has 0 radical (unpaired) electrons. The zero-order valence-electron chi connectivity index (χ0n) is 21.5. The number of aryl methyl sites for hydroxylation is 2. The van der Waals surface area contributed by atoms with Crippen molar-refractivity contribution in [2.45, 2.75) is 44.3 Å². The molecular weight excluding hydrogens is 534 g/mol. The van der Waals surface area contributed by atoms with Crippen molar-refractivity contribution in [3.05, 3.63) is 88.1 Å². The van der Waals surface area contributed by atoms with E-state index in [9.17, 15) is 18.0 Å². The lowest BCUT2D eigenvalue weighted by molar-refractivity contribution is -0.116. The van der Waals surface area contributed by atoms with Gasteiger partial charge in [-0.2, -0.15) is 0 Å². The molecule has 0 spiro atoms. The number of fused-ring (bicyclic) bond motifs is 1. The number of hydrogen-bond acceptors (Lipinski definition) is 7. The molecular formula is C28H29N5O4S2. The normalized spacial score (nSPS) is 11.8. The smallest absolute Gasteiger partial charge is 0.230 e. The molecule has 3 aromatic rings. The average Bonchev–Trinajstić information content (AvgIpc) is 3.16. The lowest BCUT2D eigenvalue weighted by atomic mass is 10.1. The quantitative estimate of drug-likeness (QED) is 0.208. The molecule has 2 aliphatic heterocycles. The molecule has 202 valence electrons. The highest BCUT2D eigenvalue weighted by atomic mass is 32.2. The van der Waals surface area contributed by atoms with Gasteiger partial charge >= 0.3 is 0 Å². The van der Waals surface area contributed by atoms with E-state index in [2.05, 4.69) is 31.5 Å². The maximum atomic E-state index is 12.5. The van der Waals surface area contributed by atoms with Crippen molar-refractivity contribution in [2.24, 2.45) is 0 Å². The summed E-state index contributed by atoms with van der Waals surface area (Å²) in [6, 6.07) is 18.8. The van der Waals surface area contributed by atoms with E-state index in [1.807, 2.05) is 36.4 Å². The number of unbranched alkanes of at least 4 members (excludes halogenated alkanes) is 1. The van der Waals surface area contributed by atoms with Gasteiger partial charge in [-0.05, 0) is 42.0 Å².